The van der Waals surface area contributed by atoms with E-state index in [2.05, 4.69) is 72.0 Å². The molecule has 0 fully saturated rings. The van der Waals surface area contributed by atoms with Crippen LogP contribution in [0.25, 0.3) is 10.9 Å². The van der Waals surface area contributed by atoms with Crippen molar-refractivity contribution in [2.24, 2.45) is 0 Å². The quantitative estimate of drug-likeness (QED) is 0.605. The highest BCUT2D eigenvalue weighted by Crippen LogP contribution is 2.35. The molecule has 3 heteroatoms. The van der Waals surface area contributed by atoms with E-state index in [4.69, 9.17) is 11.6 Å². The van der Waals surface area contributed by atoms with Gasteiger partial charge in [0.15, 0.2) is 0 Å². The van der Waals surface area contributed by atoms with Crippen LogP contribution in [0.3, 0.4) is 0 Å². The summed E-state index contributed by atoms with van der Waals surface area (Å²) >= 11 is 6.98. The zero-order valence-electron chi connectivity index (χ0n) is 15.0. The molecule has 0 N–H and O–H groups in total. The molecule has 3 aromatic rings. The number of nitrogens with zero attached hydrogens (tertiary/aromatic N) is 2. The van der Waals surface area contributed by atoms with E-state index >= 15 is 0 Å². The number of aryl methyl sites for hydroxylation is 1. The fraction of sp³-hybridized carbons (Fsp3) is 0.364. The van der Waals surface area contributed by atoms with E-state index < -0.39 is 0 Å². The molecule has 2 aromatic carbocycles. The molecule has 4 rings (SSSR count). The fourth-order valence-corrected chi connectivity index (χ4v) is 4.43. The minimum absolute atomic E-state index is 0.0558. The predicted octanol–water partition coefficient (Wildman–Crippen LogP) is 4.96. The van der Waals surface area contributed by atoms with E-state index in [1.165, 1.54) is 33.3 Å². The van der Waals surface area contributed by atoms with Crippen LogP contribution in [-0.4, -0.2) is 29.6 Å². The lowest BCUT2D eigenvalue weighted by molar-refractivity contribution is 0.350. The Balaban J connectivity index is 1.82. The van der Waals surface area contributed by atoms with Crippen LogP contribution in [-0.2, 0) is 19.3 Å². The first-order valence-electron chi connectivity index (χ1n) is 9.12. The molecule has 1 aromatic heterocycles. The number of fused-ring (bicyclic) bond motifs is 3. The summed E-state index contributed by atoms with van der Waals surface area (Å²) in [6.45, 7) is 4.39. The molecule has 0 spiro atoms. The molecule has 1 aliphatic rings. The summed E-state index contributed by atoms with van der Waals surface area (Å²) in [6.07, 6.45) is 3.02. The molecular weight excluding hydrogens is 328 g/mol. The molecule has 2 nitrogen and oxygen atoms in total. The summed E-state index contributed by atoms with van der Waals surface area (Å²) < 4.78 is 2.40. The molecule has 0 amide bonds. The van der Waals surface area contributed by atoms with Gasteiger partial charge < -0.3 is 9.47 Å². The normalized spacial score (nSPS) is 16.6. The summed E-state index contributed by atoms with van der Waals surface area (Å²) in [7, 11) is 2.21. The molecule has 0 radical (unpaired) electrons. The van der Waals surface area contributed by atoms with Gasteiger partial charge in [-0.25, -0.2) is 0 Å². The summed E-state index contributed by atoms with van der Waals surface area (Å²) in [5.74, 6) is 0. The zero-order chi connectivity index (χ0) is 17.4. The van der Waals surface area contributed by atoms with Crippen LogP contribution in [0, 0.1) is 6.92 Å². The maximum Gasteiger partial charge on any atom is 0.112 e. The highest BCUT2D eigenvalue weighted by Gasteiger charge is 2.24. The fourth-order valence-electron chi connectivity index (χ4n) is 4.03. The maximum atomic E-state index is 6.98. The lowest BCUT2D eigenvalue weighted by Crippen LogP contribution is -2.21. The Hall–Kier alpha value is -1.77. The van der Waals surface area contributed by atoms with Crippen LogP contribution in [0.15, 0.2) is 48.5 Å². The van der Waals surface area contributed by atoms with E-state index in [1.807, 2.05) is 0 Å². The van der Waals surface area contributed by atoms with Crippen molar-refractivity contribution in [3.63, 3.8) is 0 Å². The molecule has 1 aliphatic heterocycles. The van der Waals surface area contributed by atoms with Crippen LogP contribution < -0.4 is 0 Å². The van der Waals surface area contributed by atoms with Crippen molar-refractivity contribution in [1.29, 1.82) is 0 Å². The van der Waals surface area contributed by atoms with E-state index in [-0.39, 0.29) is 5.50 Å². The van der Waals surface area contributed by atoms with Gasteiger partial charge in [-0.15, -0.1) is 0 Å². The number of benzene rings is 2. The summed E-state index contributed by atoms with van der Waals surface area (Å²) in [5.41, 5.74) is 6.77. The Kier molecular flexibility index (Phi) is 4.58. The van der Waals surface area contributed by atoms with Crippen LogP contribution in [0.4, 0.5) is 0 Å². The number of aromatic nitrogens is 1. The molecule has 0 saturated heterocycles. The van der Waals surface area contributed by atoms with Gasteiger partial charge in [0.1, 0.15) is 5.50 Å². The van der Waals surface area contributed by atoms with Crippen molar-refractivity contribution < 1.29 is 0 Å². The third-order valence-electron chi connectivity index (χ3n) is 5.38. The molecule has 0 aliphatic carbocycles. The standard InChI is InChI=1S/C22H25ClN2/c1-16-8-9-20-19(14-16)18-10-12-24(2)13-11-21(18)25(20)22(23)15-17-6-4-3-5-7-17/h3-9,14,22H,10-13,15H2,1-2H3. The molecule has 130 valence electrons. The van der Waals surface area contributed by atoms with Gasteiger partial charge in [0.25, 0.3) is 0 Å². The maximum absolute atomic E-state index is 6.98. The number of rotatable bonds is 3. The first-order valence-corrected chi connectivity index (χ1v) is 9.56. The highest BCUT2D eigenvalue weighted by molar-refractivity contribution is 6.19. The largest absolute Gasteiger partial charge is 0.327 e. The first-order chi connectivity index (χ1) is 12.1. The van der Waals surface area contributed by atoms with Crippen LogP contribution in [0.5, 0.6) is 0 Å². The molecule has 0 saturated carbocycles. The van der Waals surface area contributed by atoms with E-state index in [0.29, 0.717) is 0 Å². The summed E-state index contributed by atoms with van der Waals surface area (Å²) in [5, 5.41) is 1.39. The van der Waals surface area contributed by atoms with Crippen LogP contribution in [0.1, 0.15) is 27.9 Å². The first kappa shape index (κ1) is 16.7. The number of alkyl halides is 1. The Morgan fingerprint density at radius 3 is 2.60 bits per heavy atom. The van der Waals surface area contributed by atoms with Gasteiger partial charge in [0.2, 0.25) is 0 Å². The van der Waals surface area contributed by atoms with E-state index in [1.54, 1.807) is 0 Å². The number of hydrogen-bond donors (Lipinski definition) is 0. The minimum Gasteiger partial charge on any atom is -0.327 e. The van der Waals surface area contributed by atoms with Gasteiger partial charge in [-0.3, -0.25) is 0 Å². The van der Waals surface area contributed by atoms with Gasteiger partial charge in [-0.05, 0) is 43.7 Å². The smallest absolute Gasteiger partial charge is 0.112 e. The topological polar surface area (TPSA) is 8.17 Å². The second-order valence-electron chi connectivity index (χ2n) is 7.24. The van der Waals surface area contributed by atoms with Crippen molar-refractivity contribution in [3.05, 3.63) is 70.9 Å². The van der Waals surface area contributed by atoms with Crippen molar-refractivity contribution in [1.82, 2.24) is 9.47 Å². The van der Waals surface area contributed by atoms with Gasteiger partial charge >= 0.3 is 0 Å². The summed E-state index contributed by atoms with van der Waals surface area (Å²) in [4.78, 5) is 2.42. The Bertz CT molecular complexity index is 882. The Morgan fingerprint density at radius 1 is 1.04 bits per heavy atom. The second-order valence-corrected chi connectivity index (χ2v) is 7.75. The molecule has 25 heavy (non-hydrogen) atoms. The van der Waals surface area contributed by atoms with Gasteiger partial charge in [-0.1, -0.05) is 53.6 Å². The highest BCUT2D eigenvalue weighted by atomic mass is 35.5. The predicted molar refractivity (Wildman–Crippen MR) is 107 cm³/mol. The van der Waals surface area contributed by atoms with E-state index in [0.717, 1.165) is 32.4 Å². The second kappa shape index (κ2) is 6.86. The van der Waals surface area contributed by atoms with Crippen molar-refractivity contribution in [2.75, 3.05) is 20.1 Å². The third kappa shape index (κ3) is 3.21. The third-order valence-corrected chi connectivity index (χ3v) is 5.73. The molecule has 1 unspecified atom stereocenters. The Morgan fingerprint density at radius 2 is 1.80 bits per heavy atom. The molecule has 1 atom stereocenters. The van der Waals surface area contributed by atoms with Crippen molar-refractivity contribution in [2.45, 2.75) is 31.7 Å². The molecular formula is C22H25ClN2. The molecule has 2 heterocycles. The summed E-state index contributed by atoms with van der Waals surface area (Å²) in [6, 6.07) is 17.4. The Labute approximate surface area is 155 Å². The van der Waals surface area contributed by atoms with Gasteiger partial charge in [-0.2, -0.15) is 0 Å². The van der Waals surface area contributed by atoms with E-state index in [9.17, 15) is 0 Å². The lowest BCUT2D eigenvalue weighted by Gasteiger charge is -2.18. The zero-order valence-corrected chi connectivity index (χ0v) is 15.8. The number of halogens is 1. The van der Waals surface area contributed by atoms with Crippen LogP contribution >= 0.6 is 11.6 Å². The lowest BCUT2D eigenvalue weighted by atomic mass is 10.1. The molecule has 0 bridgehead atoms. The monoisotopic (exact) mass is 352 g/mol. The van der Waals surface area contributed by atoms with Crippen molar-refractivity contribution in [3.8, 4) is 0 Å². The minimum atomic E-state index is -0.0558. The van der Waals surface area contributed by atoms with Crippen LogP contribution in [0.2, 0.25) is 0 Å². The van der Waals surface area contributed by atoms with Gasteiger partial charge in [0.05, 0.1) is 0 Å². The number of hydrogen-bond acceptors (Lipinski definition) is 1. The average Bonchev–Trinajstić information content (AvgIpc) is 2.78. The SMILES string of the molecule is Cc1ccc2c(c1)c1c(n2C(Cl)Cc2ccccc2)CCN(C)CC1. The van der Waals surface area contributed by atoms with Crippen molar-refractivity contribution >= 4 is 22.5 Å². The number of likely N-dealkylation sites (N-methyl/N-ethyl adjacent to an activating group) is 1. The average molecular weight is 353 g/mol. The van der Waals surface area contributed by atoms with Gasteiger partial charge in [0, 0.05) is 42.5 Å².